The van der Waals surface area contributed by atoms with Crippen LogP contribution in [0.1, 0.15) is 10.4 Å². The number of benzene rings is 1. The Bertz CT molecular complexity index is 475. The number of hydrogen-bond donors (Lipinski definition) is 1. The van der Waals surface area contributed by atoms with Gasteiger partial charge in [-0.05, 0) is 18.2 Å². The van der Waals surface area contributed by atoms with E-state index in [0.29, 0.717) is 16.8 Å². The van der Waals surface area contributed by atoms with Gasteiger partial charge in [0.2, 0.25) is 0 Å². The predicted molar refractivity (Wildman–Crippen MR) is 71.4 cm³/mol. The second-order valence-electron chi connectivity index (χ2n) is 3.12. The Morgan fingerprint density at radius 1 is 1.38 bits per heavy atom. The number of carbonyl (C=O) groups excluding carboxylic acids is 1. The van der Waals surface area contributed by atoms with Crippen molar-refractivity contribution in [2.75, 3.05) is 5.73 Å². The maximum absolute atomic E-state index is 12.1. The number of halogens is 1. The van der Waals surface area contributed by atoms with Gasteiger partial charge in [0.25, 0.3) is 0 Å². The molecule has 0 amide bonds. The minimum absolute atomic E-state index is 0.159. The molecule has 0 radical (unpaired) electrons. The maximum Gasteiger partial charge on any atom is 0.195 e. The average Bonchev–Trinajstić information content (AvgIpc) is 2.28. The second-order valence-corrected chi connectivity index (χ2v) is 4.04. The van der Waals surface area contributed by atoms with Crippen molar-refractivity contribution in [3.63, 3.8) is 0 Å². The molecule has 0 spiro atoms. The number of hydrogen-bond acceptors (Lipinski definition) is 2. The van der Waals surface area contributed by atoms with Gasteiger partial charge in [-0.25, -0.2) is 0 Å². The first kappa shape index (κ1) is 12.5. The summed E-state index contributed by atoms with van der Waals surface area (Å²) in [5, 5.41) is 0. The zero-order valence-corrected chi connectivity index (χ0v) is 10.3. The van der Waals surface area contributed by atoms with Crippen molar-refractivity contribution in [3.8, 4) is 0 Å². The molecule has 0 saturated heterocycles. The quantitative estimate of drug-likeness (QED) is 0.396. The van der Waals surface area contributed by atoms with E-state index in [1.54, 1.807) is 30.4 Å². The van der Waals surface area contributed by atoms with Gasteiger partial charge in [0.1, 0.15) is 0 Å². The Morgan fingerprint density at radius 2 is 2.06 bits per heavy atom. The van der Waals surface area contributed by atoms with Crippen molar-refractivity contribution in [1.82, 2.24) is 0 Å². The average molecular weight is 278 g/mol. The van der Waals surface area contributed by atoms with E-state index in [4.69, 9.17) is 5.73 Å². The molecule has 0 fully saturated rings. The Labute approximate surface area is 103 Å². The first-order chi connectivity index (χ1) is 7.60. The molecular formula is C13H12BrNO. The van der Waals surface area contributed by atoms with Crippen LogP contribution in [0.5, 0.6) is 0 Å². The molecule has 0 aliphatic rings. The summed E-state index contributed by atoms with van der Waals surface area (Å²) in [6.45, 7) is 7.14. The Morgan fingerprint density at radius 3 is 2.62 bits per heavy atom. The number of nitrogen functional groups attached to an aromatic ring is 1. The molecule has 1 rings (SSSR count). The largest absolute Gasteiger partial charge is 0.398 e. The van der Waals surface area contributed by atoms with Gasteiger partial charge in [-0.15, -0.1) is 0 Å². The minimum Gasteiger partial charge on any atom is -0.398 e. The lowest BCUT2D eigenvalue weighted by atomic mass is 10.0. The fourth-order valence-corrected chi connectivity index (χ4v) is 1.61. The van der Waals surface area contributed by atoms with Gasteiger partial charge >= 0.3 is 0 Å². The number of anilines is 1. The molecule has 0 bridgehead atoms. The van der Waals surface area contributed by atoms with Gasteiger partial charge in [0, 0.05) is 21.3 Å². The number of rotatable bonds is 4. The van der Waals surface area contributed by atoms with Crippen molar-refractivity contribution in [3.05, 3.63) is 65.2 Å². The highest BCUT2D eigenvalue weighted by Gasteiger charge is 2.12. The Kier molecular flexibility index (Phi) is 4.26. The predicted octanol–water partition coefficient (Wildman–Crippen LogP) is 3.51. The minimum atomic E-state index is -0.159. The van der Waals surface area contributed by atoms with Gasteiger partial charge in [-0.3, -0.25) is 4.79 Å². The molecule has 0 aliphatic carbocycles. The molecule has 1 aromatic rings. The molecule has 16 heavy (non-hydrogen) atoms. The van der Waals surface area contributed by atoms with E-state index in [1.807, 2.05) is 0 Å². The fraction of sp³-hybridized carbons (Fsp3) is 0. The highest BCUT2D eigenvalue weighted by Crippen LogP contribution is 2.21. The zero-order valence-electron chi connectivity index (χ0n) is 8.74. The van der Waals surface area contributed by atoms with Crippen LogP contribution < -0.4 is 5.73 Å². The van der Waals surface area contributed by atoms with Crippen LogP contribution >= 0.6 is 15.9 Å². The van der Waals surface area contributed by atoms with E-state index >= 15 is 0 Å². The van der Waals surface area contributed by atoms with Crippen LogP contribution in [0, 0.1) is 0 Å². The normalized spacial score (nSPS) is 10.9. The van der Waals surface area contributed by atoms with Gasteiger partial charge in [-0.2, -0.15) is 0 Å². The second kappa shape index (κ2) is 5.47. The van der Waals surface area contributed by atoms with Crippen LogP contribution in [0.3, 0.4) is 0 Å². The SMILES string of the molecule is C=C/C=C(\C=C)C(=O)c1cc(Br)ccc1N. The molecule has 0 aliphatic heterocycles. The van der Waals surface area contributed by atoms with Gasteiger partial charge in [0.05, 0.1) is 0 Å². The van der Waals surface area contributed by atoms with Crippen molar-refractivity contribution >= 4 is 27.4 Å². The summed E-state index contributed by atoms with van der Waals surface area (Å²) < 4.78 is 0.812. The first-order valence-corrected chi connectivity index (χ1v) is 5.44. The third kappa shape index (κ3) is 2.70. The third-order valence-corrected chi connectivity index (χ3v) is 2.53. The van der Waals surface area contributed by atoms with Crippen LogP contribution in [0.25, 0.3) is 0 Å². The molecule has 1 aromatic carbocycles. The lowest BCUT2D eigenvalue weighted by Crippen LogP contribution is -2.05. The molecule has 82 valence electrons. The molecule has 0 atom stereocenters. The van der Waals surface area contributed by atoms with Crippen molar-refractivity contribution in [2.24, 2.45) is 0 Å². The highest BCUT2D eigenvalue weighted by molar-refractivity contribution is 9.10. The molecule has 0 aromatic heterocycles. The topological polar surface area (TPSA) is 43.1 Å². The number of ketones is 1. The fourth-order valence-electron chi connectivity index (χ4n) is 1.24. The lowest BCUT2D eigenvalue weighted by Gasteiger charge is -2.05. The summed E-state index contributed by atoms with van der Waals surface area (Å²) in [4.78, 5) is 12.1. The standard InChI is InChI=1S/C13H12BrNO/c1-3-5-9(4-2)13(16)11-8-10(14)6-7-12(11)15/h3-8H,1-2,15H2/b9-5+. The van der Waals surface area contributed by atoms with Crippen LogP contribution in [0.15, 0.2) is 59.6 Å². The number of allylic oxidation sites excluding steroid dienone is 4. The van der Waals surface area contributed by atoms with Crippen LogP contribution in [-0.4, -0.2) is 5.78 Å². The summed E-state index contributed by atoms with van der Waals surface area (Å²) in [6.07, 6.45) is 4.64. The lowest BCUT2D eigenvalue weighted by molar-refractivity contribution is 0.103. The summed E-state index contributed by atoms with van der Waals surface area (Å²) in [7, 11) is 0. The molecular weight excluding hydrogens is 266 g/mol. The van der Waals surface area contributed by atoms with E-state index in [9.17, 15) is 4.79 Å². The number of carbonyl (C=O) groups is 1. The van der Waals surface area contributed by atoms with Crippen LogP contribution in [0.2, 0.25) is 0 Å². The number of nitrogens with two attached hydrogens (primary N) is 1. The van der Waals surface area contributed by atoms with Crippen molar-refractivity contribution in [2.45, 2.75) is 0 Å². The monoisotopic (exact) mass is 277 g/mol. The van der Waals surface area contributed by atoms with Gasteiger partial charge in [-0.1, -0.05) is 47.3 Å². The van der Waals surface area contributed by atoms with Gasteiger partial charge in [0.15, 0.2) is 5.78 Å². The number of Topliss-reactive ketones (excluding diaryl/α,β-unsaturated/α-hetero) is 1. The molecule has 0 saturated carbocycles. The molecule has 0 unspecified atom stereocenters. The zero-order chi connectivity index (χ0) is 12.1. The summed E-state index contributed by atoms with van der Waals surface area (Å²) in [5.74, 6) is -0.159. The molecule has 2 nitrogen and oxygen atoms in total. The van der Waals surface area contributed by atoms with Crippen molar-refractivity contribution < 1.29 is 4.79 Å². The molecule has 0 heterocycles. The van der Waals surface area contributed by atoms with Crippen LogP contribution in [-0.2, 0) is 0 Å². The summed E-state index contributed by atoms with van der Waals surface area (Å²) >= 11 is 3.30. The maximum atomic E-state index is 12.1. The summed E-state index contributed by atoms with van der Waals surface area (Å²) in [6, 6.07) is 5.17. The van der Waals surface area contributed by atoms with E-state index in [1.165, 1.54) is 6.08 Å². The van der Waals surface area contributed by atoms with E-state index in [-0.39, 0.29) is 5.78 Å². The smallest absolute Gasteiger partial charge is 0.195 e. The van der Waals surface area contributed by atoms with Crippen molar-refractivity contribution in [1.29, 1.82) is 0 Å². The summed E-state index contributed by atoms with van der Waals surface area (Å²) in [5.41, 5.74) is 7.13. The Hall–Kier alpha value is -1.61. The molecule has 3 heteroatoms. The Balaban J connectivity index is 3.23. The highest BCUT2D eigenvalue weighted by atomic mass is 79.9. The van der Waals surface area contributed by atoms with E-state index in [0.717, 1.165) is 4.47 Å². The van der Waals surface area contributed by atoms with Crippen LogP contribution in [0.4, 0.5) is 5.69 Å². The van der Waals surface area contributed by atoms with Gasteiger partial charge < -0.3 is 5.73 Å². The first-order valence-electron chi connectivity index (χ1n) is 4.65. The molecule has 2 N–H and O–H groups in total. The van der Waals surface area contributed by atoms with E-state index in [2.05, 4.69) is 29.1 Å². The third-order valence-electron chi connectivity index (χ3n) is 2.04. The van der Waals surface area contributed by atoms with E-state index < -0.39 is 0 Å².